The van der Waals surface area contributed by atoms with Crippen molar-refractivity contribution in [1.82, 2.24) is 14.8 Å². The fraction of sp³-hybridized carbons (Fsp3) is 0.333. The Kier molecular flexibility index (Phi) is 4.49. The molecule has 6 heteroatoms. The molecular weight excluding hydrogens is 370 g/mol. The number of carbonyl (C=O) groups is 2. The summed E-state index contributed by atoms with van der Waals surface area (Å²) in [5.74, 6) is -0.128. The van der Waals surface area contributed by atoms with Crippen molar-refractivity contribution in [3.63, 3.8) is 0 Å². The summed E-state index contributed by atoms with van der Waals surface area (Å²) < 4.78 is 3.05. The van der Waals surface area contributed by atoms with Crippen molar-refractivity contribution in [1.29, 1.82) is 0 Å². The molecule has 126 valence electrons. The highest BCUT2D eigenvalue weighted by molar-refractivity contribution is 9.10. The lowest BCUT2D eigenvalue weighted by atomic mass is 10.1. The molecule has 2 amide bonds. The van der Waals surface area contributed by atoms with Crippen LogP contribution in [0.4, 0.5) is 0 Å². The number of fused-ring (bicyclic) bond motifs is 1. The number of benzene rings is 1. The second kappa shape index (κ2) is 6.43. The third-order valence-corrected chi connectivity index (χ3v) is 5.26. The van der Waals surface area contributed by atoms with E-state index in [4.69, 9.17) is 0 Å². The van der Waals surface area contributed by atoms with E-state index in [-0.39, 0.29) is 24.4 Å². The third-order valence-electron chi connectivity index (χ3n) is 4.41. The van der Waals surface area contributed by atoms with E-state index in [2.05, 4.69) is 40.0 Å². The second-order valence-corrected chi connectivity index (χ2v) is 7.12. The summed E-state index contributed by atoms with van der Waals surface area (Å²) in [6.45, 7) is 8.92. The van der Waals surface area contributed by atoms with Crippen molar-refractivity contribution in [2.45, 2.75) is 26.4 Å². The molecule has 0 bridgehead atoms. The summed E-state index contributed by atoms with van der Waals surface area (Å²) >= 11 is 3.56. The van der Waals surface area contributed by atoms with Crippen LogP contribution in [0.2, 0.25) is 0 Å². The van der Waals surface area contributed by atoms with Gasteiger partial charge >= 0.3 is 0 Å². The van der Waals surface area contributed by atoms with Gasteiger partial charge in [0.2, 0.25) is 11.8 Å². The van der Waals surface area contributed by atoms with E-state index in [1.165, 1.54) is 6.08 Å². The SMILES string of the molecule is C=CC(=O)N1CC(NC(=O)Cn2cc(C)c3cc(Br)c(C)cc32)C1. The molecule has 1 fully saturated rings. The number of hydrogen-bond donors (Lipinski definition) is 1. The van der Waals surface area contributed by atoms with Crippen LogP contribution in [0.1, 0.15) is 11.1 Å². The zero-order valence-electron chi connectivity index (χ0n) is 13.8. The minimum Gasteiger partial charge on any atom is -0.348 e. The van der Waals surface area contributed by atoms with Crippen LogP contribution in [0.25, 0.3) is 10.9 Å². The van der Waals surface area contributed by atoms with Crippen molar-refractivity contribution in [2.24, 2.45) is 0 Å². The van der Waals surface area contributed by atoms with Crippen molar-refractivity contribution in [2.75, 3.05) is 13.1 Å². The van der Waals surface area contributed by atoms with Gasteiger partial charge in [0.25, 0.3) is 0 Å². The molecule has 1 N–H and O–H groups in total. The van der Waals surface area contributed by atoms with E-state index < -0.39 is 0 Å². The molecule has 0 unspecified atom stereocenters. The van der Waals surface area contributed by atoms with Gasteiger partial charge in [-0.25, -0.2) is 0 Å². The number of aryl methyl sites for hydroxylation is 2. The first-order chi connectivity index (χ1) is 11.4. The van der Waals surface area contributed by atoms with Gasteiger partial charge in [-0.2, -0.15) is 0 Å². The zero-order valence-corrected chi connectivity index (χ0v) is 15.4. The first kappa shape index (κ1) is 16.8. The molecule has 1 aromatic heterocycles. The Balaban J connectivity index is 1.67. The molecule has 0 radical (unpaired) electrons. The van der Waals surface area contributed by atoms with Gasteiger partial charge in [-0.3, -0.25) is 9.59 Å². The molecule has 3 rings (SSSR count). The molecule has 2 heterocycles. The summed E-state index contributed by atoms with van der Waals surface area (Å²) in [7, 11) is 0. The van der Waals surface area contributed by atoms with Gasteiger partial charge in [0, 0.05) is 34.7 Å². The lowest BCUT2D eigenvalue weighted by Gasteiger charge is -2.38. The first-order valence-electron chi connectivity index (χ1n) is 7.85. The lowest BCUT2D eigenvalue weighted by Crippen LogP contribution is -2.61. The fourth-order valence-corrected chi connectivity index (χ4v) is 3.37. The molecular formula is C18H20BrN3O2. The van der Waals surface area contributed by atoms with Crippen LogP contribution in [0.5, 0.6) is 0 Å². The summed E-state index contributed by atoms with van der Waals surface area (Å²) in [6, 6.07) is 4.22. The predicted octanol–water partition coefficient (Wildman–Crippen LogP) is 2.53. The van der Waals surface area contributed by atoms with Crippen molar-refractivity contribution >= 4 is 38.6 Å². The maximum Gasteiger partial charge on any atom is 0.246 e. The van der Waals surface area contributed by atoms with E-state index in [1.54, 1.807) is 4.90 Å². The molecule has 1 aliphatic heterocycles. The van der Waals surface area contributed by atoms with Crippen LogP contribution < -0.4 is 5.32 Å². The Labute approximate surface area is 149 Å². The first-order valence-corrected chi connectivity index (χ1v) is 8.64. The maximum atomic E-state index is 12.3. The van der Waals surface area contributed by atoms with E-state index in [0.29, 0.717) is 13.1 Å². The molecule has 0 saturated carbocycles. The van der Waals surface area contributed by atoms with Crippen LogP contribution in [0.3, 0.4) is 0 Å². The standard InChI is InChI=1S/C18H20BrN3O2/c1-4-18(24)22-8-13(9-22)20-17(23)10-21-7-12(3)14-6-15(19)11(2)5-16(14)21/h4-7,13H,1,8-10H2,2-3H3,(H,20,23). The molecule has 0 spiro atoms. The third kappa shape index (κ3) is 3.11. The number of nitrogens with one attached hydrogen (secondary N) is 1. The normalized spacial score (nSPS) is 14.5. The number of nitrogens with zero attached hydrogens (tertiary/aromatic N) is 2. The van der Waals surface area contributed by atoms with Gasteiger partial charge in [-0.05, 0) is 43.2 Å². The van der Waals surface area contributed by atoms with Gasteiger partial charge in [0.05, 0.1) is 6.04 Å². The molecule has 1 aliphatic rings. The number of likely N-dealkylation sites (tertiary alicyclic amines) is 1. The van der Waals surface area contributed by atoms with E-state index in [9.17, 15) is 9.59 Å². The molecule has 2 aromatic rings. The Morgan fingerprint density at radius 2 is 2.04 bits per heavy atom. The molecule has 24 heavy (non-hydrogen) atoms. The van der Waals surface area contributed by atoms with Gasteiger partial charge in [-0.15, -0.1) is 0 Å². The highest BCUT2D eigenvalue weighted by Gasteiger charge is 2.30. The Morgan fingerprint density at radius 3 is 2.71 bits per heavy atom. The highest BCUT2D eigenvalue weighted by atomic mass is 79.9. The van der Waals surface area contributed by atoms with Gasteiger partial charge in [0.15, 0.2) is 0 Å². The summed E-state index contributed by atoms with van der Waals surface area (Å²) in [5.41, 5.74) is 3.34. The summed E-state index contributed by atoms with van der Waals surface area (Å²) in [4.78, 5) is 25.4. The second-order valence-electron chi connectivity index (χ2n) is 6.27. The van der Waals surface area contributed by atoms with Crippen molar-refractivity contribution < 1.29 is 9.59 Å². The zero-order chi connectivity index (χ0) is 17.4. The van der Waals surface area contributed by atoms with Gasteiger partial charge in [0.1, 0.15) is 6.54 Å². The number of halogens is 1. The Hall–Kier alpha value is -2.08. The van der Waals surface area contributed by atoms with E-state index >= 15 is 0 Å². The lowest BCUT2D eigenvalue weighted by molar-refractivity contribution is -0.133. The van der Waals surface area contributed by atoms with Gasteiger partial charge in [-0.1, -0.05) is 22.5 Å². The van der Waals surface area contributed by atoms with Crippen LogP contribution in [0.15, 0.2) is 35.5 Å². The van der Waals surface area contributed by atoms with Crippen LogP contribution in [0, 0.1) is 13.8 Å². The quantitative estimate of drug-likeness (QED) is 0.816. The van der Waals surface area contributed by atoms with E-state index in [1.807, 2.05) is 24.6 Å². The topological polar surface area (TPSA) is 54.3 Å². The van der Waals surface area contributed by atoms with Gasteiger partial charge < -0.3 is 14.8 Å². The van der Waals surface area contributed by atoms with Crippen LogP contribution >= 0.6 is 15.9 Å². The van der Waals surface area contributed by atoms with Crippen molar-refractivity contribution in [3.05, 3.63) is 46.6 Å². The summed E-state index contributed by atoms with van der Waals surface area (Å²) in [5, 5.41) is 4.12. The van der Waals surface area contributed by atoms with E-state index in [0.717, 1.165) is 26.5 Å². The number of hydrogen-bond acceptors (Lipinski definition) is 2. The maximum absolute atomic E-state index is 12.3. The molecule has 1 aromatic carbocycles. The number of amides is 2. The smallest absolute Gasteiger partial charge is 0.246 e. The highest BCUT2D eigenvalue weighted by Crippen LogP contribution is 2.27. The molecule has 1 saturated heterocycles. The monoisotopic (exact) mass is 389 g/mol. The number of rotatable bonds is 4. The Morgan fingerprint density at radius 1 is 1.33 bits per heavy atom. The fourth-order valence-electron chi connectivity index (χ4n) is 3.03. The van der Waals surface area contributed by atoms with Crippen molar-refractivity contribution in [3.8, 4) is 0 Å². The predicted molar refractivity (Wildman–Crippen MR) is 97.8 cm³/mol. The minimum absolute atomic E-state index is 0.0280. The average Bonchev–Trinajstić information content (AvgIpc) is 2.78. The summed E-state index contributed by atoms with van der Waals surface area (Å²) in [6.07, 6.45) is 3.30. The van der Waals surface area contributed by atoms with Crippen LogP contribution in [-0.2, 0) is 16.1 Å². The Bertz CT molecular complexity index is 834. The number of aromatic nitrogens is 1. The molecule has 5 nitrogen and oxygen atoms in total. The minimum atomic E-state index is -0.0893. The molecule has 0 atom stereocenters. The molecule has 0 aliphatic carbocycles. The van der Waals surface area contributed by atoms with Crippen LogP contribution in [-0.4, -0.2) is 40.4 Å². The average molecular weight is 390 g/mol. The number of carbonyl (C=O) groups excluding carboxylic acids is 2. The largest absolute Gasteiger partial charge is 0.348 e.